The molecule has 0 aliphatic heterocycles. The minimum absolute atomic E-state index is 0.523. The van der Waals surface area contributed by atoms with Crippen molar-refractivity contribution in [3.05, 3.63) is 23.9 Å². The highest BCUT2D eigenvalue weighted by Gasteiger charge is 2.02. The van der Waals surface area contributed by atoms with E-state index in [0.717, 1.165) is 17.3 Å². The number of nitrogens with one attached hydrogen (secondary N) is 1. The zero-order valence-electron chi connectivity index (χ0n) is 9.08. The van der Waals surface area contributed by atoms with Gasteiger partial charge in [-0.2, -0.15) is 0 Å². The highest BCUT2D eigenvalue weighted by Crippen LogP contribution is 2.19. The van der Waals surface area contributed by atoms with Crippen molar-refractivity contribution >= 4 is 11.8 Å². The average Bonchev–Trinajstić information content (AvgIpc) is 2.17. The molecule has 0 radical (unpaired) electrons. The molecule has 0 aliphatic rings. The van der Waals surface area contributed by atoms with Crippen LogP contribution in [0.2, 0.25) is 0 Å². The van der Waals surface area contributed by atoms with Crippen LogP contribution < -0.4 is 5.32 Å². The van der Waals surface area contributed by atoms with Crippen molar-refractivity contribution in [2.24, 2.45) is 0 Å². The van der Waals surface area contributed by atoms with Gasteiger partial charge in [0.05, 0.1) is 0 Å². The predicted octanol–water partition coefficient (Wildman–Crippen LogP) is 2.69. The molecule has 0 saturated heterocycles. The molecular weight excluding hydrogens is 192 g/mol. The summed E-state index contributed by atoms with van der Waals surface area (Å²) < 4.78 is 0. The van der Waals surface area contributed by atoms with Gasteiger partial charge in [-0.15, -0.1) is 11.8 Å². The lowest BCUT2D eigenvalue weighted by Crippen LogP contribution is -2.22. The predicted molar refractivity (Wildman–Crippen MR) is 62.6 cm³/mol. The van der Waals surface area contributed by atoms with Crippen LogP contribution >= 0.6 is 11.8 Å². The molecule has 0 unspecified atom stereocenters. The van der Waals surface area contributed by atoms with Gasteiger partial charge in [-0.3, -0.25) is 0 Å². The Hall–Kier alpha value is -0.540. The maximum Gasteiger partial charge on any atom is 0.100 e. The first kappa shape index (κ1) is 11.5. The number of thioether (sulfide) groups is 1. The fourth-order valence-electron chi connectivity index (χ4n) is 1.14. The number of hydrogen-bond donors (Lipinski definition) is 1. The maximum absolute atomic E-state index is 4.37. The minimum atomic E-state index is 0.523. The number of pyridine rings is 1. The fraction of sp³-hybridized carbons (Fsp3) is 0.545. The molecular formula is C11H18N2S. The first-order valence-electron chi connectivity index (χ1n) is 5.04. The maximum atomic E-state index is 4.37. The van der Waals surface area contributed by atoms with Crippen molar-refractivity contribution in [2.45, 2.75) is 38.4 Å². The van der Waals surface area contributed by atoms with Crippen LogP contribution in [0, 0.1) is 0 Å². The largest absolute Gasteiger partial charge is 0.310 e. The third kappa shape index (κ3) is 3.68. The van der Waals surface area contributed by atoms with Gasteiger partial charge in [0.2, 0.25) is 0 Å². The van der Waals surface area contributed by atoms with E-state index in [4.69, 9.17) is 0 Å². The molecule has 1 rings (SSSR count). The van der Waals surface area contributed by atoms with Crippen LogP contribution in [0.3, 0.4) is 0 Å². The van der Waals surface area contributed by atoms with Crippen molar-refractivity contribution in [1.29, 1.82) is 0 Å². The summed E-state index contributed by atoms with van der Waals surface area (Å²) in [6.07, 6.45) is 1.86. The summed E-state index contributed by atoms with van der Waals surface area (Å²) in [5, 5.41) is 4.56. The Labute approximate surface area is 90.5 Å². The van der Waals surface area contributed by atoms with Crippen molar-refractivity contribution in [2.75, 3.05) is 5.75 Å². The zero-order valence-corrected chi connectivity index (χ0v) is 9.90. The molecule has 0 aromatic carbocycles. The molecule has 14 heavy (non-hydrogen) atoms. The summed E-state index contributed by atoms with van der Waals surface area (Å²) in [7, 11) is 0. The lowest BCUT2D eigenvalue weighted by molar-refractivity contribution is 0.582. The molecule has 0 spiro atoms. The summed E-state index contributed by atoms with van der Waals surface area (Å²) in [6.45, 7) is 7.37. The van der Waals surface area contributed by atoms with E-state index < -0.39 is 0 Å². The highest BCUT2D eigenvalue weighted by molar-refractivity contribution is 7.99. The van der Waals surface area contributed by atoms with Crippen molar-refractivity contribution in [1.82, 2.24) is 10.3 Å². The quantitative estimate of drug-likeness (QED) is 0.756. The van der Waals surface area contributed by atoms with E-state index in [9.17, 15) is 0 Å². The van der Waals surface area contributed by atoms with Gasteiger partial charge in [-0.05, 0) is 17.4 Å². The second-order valence-corrected chi connectivity index (χ2v) is 4.69. The Balaban J connectivity index is 2.64. The van der Waals surface area contributed by atoms with E-state index >= 15 is 0 Å². The minimum Gasteiger partial charge on any atom is -0.310 e. The SMILES string of the molecule is CCSc1ncccc1CNC(C)C. The monoisotopic (exact) mass is 210 g/mol. The van der Waals surface area contributed by atoms with Gasteiger partial charge in [0.1, 0.15) is 5.03 Å². The van der Waals surface area contributed by atoms with Crippen molar-refractivity contribution in [3.63, 3.8) is 0 Å². The molecule has 78 valence electrons. The van der Waals surface area contributed by atoms with Crippen molar-refractivity contribution in [3.8, 4) is 0 Å². The molecule has 0 bridgehead atoms. The number of nitrogens with zero attached hydrogens (tertiary/aromatic N) is 1. The molecule has 3 heteroatoms. The van der Waals surface area contributed by atoms with E-state index in [1.54, 1.807) is 11.8 Å². The van der Waals surface area contributed by atoms with Gasteiger partial charge in [-0.25, -0.2) is 4.98 Å². The number of rotatable bonds is 5. The molecule has 1 heterocycles. The summed E-state index contributed by atoms with van der Waals surface area (Å²) in [5.41, 5.74) is 1.30. The van der Waals surface area contributed by atoms with E-state index in [-0.39, 0.29) is 0 Å². The molecule has 0 amide bonds. The lowest BCUT2D eigenvalue weighted by atomic mass is 10.2. The Kier molecular flexibility index (Phi) is 4.98. The molecule has 1 N–H and O–H groups in total. The summed E-state index contributed by atoms with van der Waals surface area (Å²) in [4.78, 5) is 4.37. The third-order valence-corrected chi connectivity index (χ3v) is 2.76. The van der Waals surface area contributed by atoms with E-state index in [1.165, 1.54) is 5.56 Å². The fourth-order valence-corrected chi connectivity index (χ4v) is 1.87. The summed E-state index contributed by atoms with van der Waals surface area (Å²) in [6, 6.07) is 4.66. The van der Waals surface area contributed by atoms with Crippen LogP contribution in [0.15, 0.2) is 23.4 Å². The molecule has 0 saturated carbocycles. The Bertz CT molecular complexity index is 274. The van der Waals surface area contributed by atoms with Gasteiger partial charge < -0.3 is 5.32 Å². The third-order valence-electron chi connectivity index (χ3n) is 1.83. The van der Waals surface area contributed by atoms with Crippen LogP contribution in [0.25, 0.3) is 0 Å². The average molecular weight is 210 g/mol. The van der Waals surface area contributed by atoms with Crippen LogP contribution in [0.1, 0.15) is 26.3 Å². The van der Waals surface area contributed by atoms with E-state index in [0.29, 0.717) is 6.04 Å². The molecule has 2 nitrogen and oxygen atoms in total. The normalized spacial score (nSPS) is 10.9. The Morgan fingerprint density at radius 3 is 2.93 bits per heavy atom. The lowest BCUT2D eigenvalue weighted by Gasteiger charge is -2.10. The number of aromatic nitrogens is 1. The second-order valence-electron chi connectivity index (χ2n) is 3.44. The van der Waals surface area contributed by atoms with Crippen LogP contribution in [-0.4, -0.2) is 16.8 Å². The summed E-state index contributed by atoms with van der Waals surface area (Å²) >= 11 is 1.80. The molecule has 0 aliphatic carbocycles. The van der Waals surface area contributed by atoms with Crippen LogP contribution in [0.4, 0.5) is 0 Å². The van der Waals surface area contributed by atoms with Gasteiger partial charge in [0, 0.05) is 18.8 Å². The summed E-state index contributed by atoms with van der Waals surface area (Å²) in [5.74, 6) is 1.08. The Morgan fingerprint density at radius 1 is 1.50 bits per heavy atom. The second kappa shape index (κ2) is 6.04. The van der Waals surface area contributed by atoms with Crippen molar-refractivity contribution < 1.29 is 0 Å². The standard InChI is InChI=1S/C11H18N2S/c1-4-14-11-10(6-5-7-12-11)8-13-9(2)3/h5-7,9,13H,4,8H2,1-3H3. The van der Waals surface area contributed by atoms with Crippen LogP contribution in [-0.2, 0) is 6.54 Å². The highest BCUT2D eigenvalue weighted by atomic mass is 32.2. The Morgan fingerprint density at radius 2 is 2.29 bits per heavy atom. The molecule has 0 atom stereocenters. The zero-order chi connectivity index (χ0) is 10.4. The van der Waals surface area contributed by atoms with Crippen LogP contribution in [0.5, 0.6) is 0 Å². The molecule has 1 aromatic rings. The van der Waals surface area contributed by atoms with Gasteiger partial charge >= 0.3 is 0 Å². The number of hydrogen-bond acceptors (Lipinski definition) is 3. The smallest absolute Gasteiger partial charge is 0.100 e. The van der Waals surface area contributed by atoms with E-state index in [2.05, 4.69) is 37.1 Å². The molecule has 1 aromatic heterocycles. The van der Waals surface area contributed by atoms with Gasteiger partial charge in [0.15, 0.2) is 0 Å². The first-order chi connectivity index (χ1) is 6.74. The van der Waals surface area contributed by atoms with E-state index in [1.807, 2.05) is 12.3 Å². The first-order valence-corrected chi connectivity index (χ1v) is 6.02. The molecule has 0 fully saturated rings. The van der Waals surface area contributed by atoms with Gasteiger partial charge in [-0.1, -0.05) is 26.8 Å². The van der Waals surface area contributed by atoms with Gasteiger partial charge in [0.25, 0.3) is 0 Å². The topological polar surface area (TPSA) is 24.9 Å².